The van der Waals surface area contributed by atoms with Crippen molar-refractivity contribution in [2.24, 2.45) is 0 Å². The molecule has 0 amide bonds. The van der Waals surface area contributed by atoms with Crippen LogP contribution in [0.1, 0.15) is 13.3 Å². The van der Waals surface area contributed by atoms with Crippen molar-refractivity contribution in [3.8, 4) is 11.8 Å². The van der Waals surface area contributed by atoms with Crippen molar-refractivity contribution in [3.63, 3.8) is 0 Å². The van der Waals surface area contributed by atoms with Gasteiger partial charge in [-0.2, -0.15) is 5.26 Å². The highest BCUT2D eigenvalue weighted by Crippen LogP contribution is 2.20. The summed E-state index contributed by atoms with van der Waals surface area (Å²) >= 11 is 0. The van der Waals surface area contributed by atoms with Crippen LogP contribution in [0.5, 0.6) is 5.75 Å². The molecule has 0 aliphatic heterocycles. The largest absolute Gasteiger partial charge is 0.476 e. The highest BCUT2D eigenvalue weighted by atomic mass is 16.5. The van der Waals surface area contributed by atoms with Crippen LogP contribution in [0.3, 0.4) is 0 Å². The number of anilines is 1. The van der Waals surface area contributed by atoms with Gasteiger partial charge in [0.25, 0.3) is 0 Å². The lowest BCUT2D eigenvalue weighted by Crippen LogP contribution is -2.13. The zero-order valence-electron chi connectivity index (χ0n) is 9.40. The van der Waals surface area contributed by atoms with Crippen LogP contribution in [0, 0.1) is 11.3 Å². The summed E-state index contributed by atoms with van der Waals surface area (Å²) in [5.74, 6) is 0.745. The number of nitrogens with zero attached hydrogens (tertiary/aromatic N) is 2. The van der Waals surface area contributed by atoms with E-state index in [9.17, 15) is 0 Å². The van der Waals surface area contributed by atoms with Gasteiger partial charge in [0.2, 0.25) is 0 Å². The van der Waals surface area contributed by atoms with Crippen LogP contribution in [0.2, 0.25) is 0 Å². The molecular weight excluding hydrogens is 188 g/mol. The molecule has 3 heteroatoms. The molecule has 0 heterocycles. The molecule has 0 saturated carbocycles. The third kappa shape index (κ3) is 3.17. The van der Waals surface area contributed by atoms with Crippen molar-refractivity contribution < 1.29 is 4.74 Å². The summed E-state index contributed by atoms with van der Waals surface area (Å²) in [6.45, 7) is 1.93. The molecule has 0 aliphatic rings. The van der Waals surface area contributed by atoms with E-state index in [1.165, 1.54) is 0 Å². The molecule has 0 spiro atoms. The monoisotopic (exact) mass is 204 g/mol. The van der Waals surface area contributed by atoms with Gasteiger partial charge in [-0.3, -0.25) is 0 Å². The average Bonchev–Trinajstić information content (AvgIpc) is 2.26. The van der Waals surface area contributed by atoms with E-state index in [1.807, 2.05) is 50.2 Å². The highest BCUT2D eigenvalue weighted by molar-refractivity contribution is 5.49. The topological polar surface area (TPSA) is 36.3 Å². The first-order valence-electron chi connectivity index (χ1n) is 5.01. The molecule has 1 rings (SSSR count). The lowest BCUT2D eigenvalue weighted by atomic mass is 10.2. The summed E-state index contributed by atoms with van der Waals surface area (Å²) in [5.41, 5.74) is 1.07. The van der Waals surface area contributed by atoms with E-state index < -0.39 is 0 Å². The summed E-state index contributed by atoms with van der Waals surface area (Å²) in [6.07, 6.45) is 0.338. The smallest absolute Gasteiger partial charge is 0.184 e. The maximum absolute atomic E-state index is 8.78. The third-order valence-electron chi connectivity index (χ3n) is 2.13. The Morgan fingerprint density at radius 3 is 2.73 bits per heavy atom. The molecule has 80 valence electrons. The first-order chi connectivity index (χ1) is 7.17. The number of hydrogen-bond donors (Lipinski definition) is 0. The van der Waals surface area contributed by atoms with Gasteiger partial charge < -0.3 is 9.64 Å². The van der Waals surface area contributed by atoms with E-state index in [1.54, 1.807) is 0 Å². The minimum absolute atomic E-state index is 0.359. The van der Waals surface area contributed by atoms with E-state index in [0.29, 0.717) is 6.42 Å². The number of benzene rings is 1. The van der Waals surface area contributed by atoms with Gasteiger partial charge in [-0.15, -0.1) is 0 Å². The summed E-state index contributed by atoms with van der Waals surface area (Å²) < 4.78 is 5.52. The molecule has 0 radical (unpaired) electrons. The molecule has 1 atom stereocenters. The van der Waals surface area contributed by atoms with Gasteiger partial charge in [0, 0.05) is 25.8 Å². The van der Waals surface area contributed by atoms with Crippen molar-refractivity contribution in [2.75, 3.05) is 19.0 Å². The average molecular weight is 204 g/mol. The fourth-order valence-electron chi connectivity index (χ4n) is 1.20. The van der Waals surface area contributed by atoms with Crippen molar-refractivity contribution in [1.82, 2.24) is 0 Å². The van der Waals surface area contributed by atoms with Crippen molar-refractivity contribution in [1.29, 1.82) is 5.26 Å². The van der Waals surface area contributed by atoms with Crippen LogP contribution in [-0.2, 0) is 0 Å². The molecular formula is C12H16N2O. The molecule has 1 aromatic carbocycles. The summed E-state index contributed by atoms with van der Waals surface area (Å²) in [5, 5.41) is 8.78. The quantitative estimate of drug-likeness (QED) is 0.755. The van der Waals surface area contributed by atoms with Gasteiger partial charge in [0.15, 0.2) is 6.10 Å². The Balaban J connectivity index is 2.78. The lowest BCUT2D eigenvalue weighted by Gasteiger charge is -2.15. The Morgan fingerprint density at radius 2 is 2.20 bits per heavy atom. The first kappa shape index (κ1) is 11.4. The maximum Gasteiger partial charge on any atom is 0.184 e. The van der Waals surface area contributed by atoms with Crippen LogP contribution in [-0.4, -0.2) is 20.2 Å². The second-order valence-electron chi connectivity index (χ2n) is 3.54. The van der Waals surface area contributed by atoms with Crippen LogP contribution in [0.15, 0.2) is 24.3 Å². The Labute approximate surface area is 90.9 Å². The molecule has 0 fully saturated rings. The standard InChI is InChI=1S/C12H16N2O/c1-4-11(9-13)15-12-7-5-6-10(8-12)14(2)3/h5-8,11H,4H2,1-3H3. The molecule has 0 aliphatic carbocycles. The summed E-state index contributed by atoms with van der Waals surface area (Å²) in [4.78, 5) is 2.00. The maximum atomic E-state index is 8.78. The predicted octanol–water partition coefficient (Wildman–Crippen LogP) is 2.43. The van der Waals surface area contributed by atoms with Crippen LogP contribution >= 0.6 is 0 Å². The minimum atomic E-state index is -0.359. The van der Waals surface area contributed by atoms with E-state index in [0.717, 1.165) is 11.4 Å². The van der Waals surface area contributed by atoms with E-state index in [2.05, 4.69) is 6.07 Å². The summed E-state index contributed by atoms with van der Waals surface area (Å²) in [7, 11) is 3.95. The van der Waals surface area contributed by atoms with Crippen LogP contribution in [0.25, 0.3) is 0 Å². The van der Waals surface area contributed by atoms with Crippen molar-refractivity contribution >= 4 is 5.69 Å². The predicted molar refractivity (Wildman–Crippen MR) is 61.1 cm³/mol. The van der Waals surface area contributed by atoms with Gasteiger partial charge in [0.1, 0.15) is 11.8 Å². The highest BCUT2D eigenvalue weighted by Gasteiger charge is 2.06. The van der Waals surface area contributed by atoms with Crippen molar-refractivity contribution in [2.45, 2.75) is 19.4 Å². The number of ether oxygens (including phenoxy) is 1. The Morgan fingerprint density at radius 1 is 1.47 bits per heavy atom. The van der Waals surface area contributed by atoms with Crippen LogP contribution < -0.4 is 9.64 Å². The second kappa shape index (κ2) is 5.26. The third-order valence-corrected chi connectivity index (χ3v) is 2.13. The summed E-state index contributed by atoms with van der Waals surface area (Å²) in [6, 6.07) is 9.84. The SMILES string of the molecule is CCC(C#N)Oc1cccc(N(C)C)c1. The van der Waals surface area contributed by atoms with Gasteiger partial charge in [0.05, 0.1) is 0 Å². The number of nitriles is 1. The molecule has 0 bridgehead atoms. The zero-order chi connectivity index (χ0) is 11.3. The zero-order valence-corrected chi connectivity index (χ0v) is 9.40. The normalized spacial score (nSPS) is 11.6. The fourth-order valence-corrected chi connectivity index (χ4v) is 1.20. The first-order valence-corrected chi connectivity index (χ1v) is 5.01. The minimum Gasteiger partial charge on any atom is -0.476 e. The van der Waals surface area contributed by atoms with E-state index in [-0.39, 0.29) is 6.10 Å². The molecule has 0 saturated heterocycles. The van der Waals surface area contributed by atoms with E-state index >= 15 is 0 Å². The molecule has 0 aromatic heterocycles. The molecule has 1 aromatic rings. The second-order valence-corrected chi connectivity index (χ2v) is 3.54. The van der Waals surface area contributed by atoms with Gasteiger partial charge >= 0.3 is 0 Å². The molecule has 0 N–H and O–H groups in total. The Kier molecular flexibility index (Phi) is 3.99. The van der Waals surface area contributed by atoms with Crippen molar-refractivity contribution in [3.05, 3.63) is 24.3 Å². The van der Waals surface area contributed by atoms with Gasteiger partial charge in [-0.25, -0.2) is 0 Å². The molecule has 1 unspecified atom stereocenters. The van der Waals surface area contributed by atoms with E-state index in [4.69, 9.17) is 10.00 Å². The van der Waals surface area contributed by atoms with Gasteiger partial charge in [-0.1, -0.05) is 13.0 Å². The molecule has 3 nitrogen and oxygen atoms in total. The van der Waals surface area contributed by atoms with Crippen LogP contribution in [0.4, 0.5) is 5.69 Å². The van der Waals surface area contributed by atoms with Gasteiger partial charge in [-0.05, 0) is 18.6 Å². The number of rotatable bonds is 4. The lowest BCUT2D eigenvalue weighted by molar-refractivity contribution is 0.252. The fraction of sp³-hybridized carbons (Fsp3) is 0.417. The molecule has 15 heavy (non-hydrogen) atoms. The Bertz CT molecular complexity index is 355. The number of hydrogen-bond acceptors (Lipinski definition) is 3. The Hall–Kier alpha value is -1.69.